The summed E-state index contributed by atoms with van der Waals surface area (Å²) in [5.74, 6) is 1.23. The van der Waals surface area contributed by atoms with Crippen molar-refractivity contribution in [1.29, 1.82) is 0 Å². The molecule has 1 aromatic rings. The third kappa shape index (κ3) is 2.76. The molecule has 0 bridgehead atoms. The number of amides is 1. The van der Waals surface area contributed by atoms with Gasteiger partial charge in [0.2, 0.25) is 5.91 Å². The zero-order valence-corrected chi connectivity index (χ0v) is 10.8. The van der Waals surface area contributed by atoms with Crippen LogP contribution in [0.5, 0.6) is 0 Å². The molecule has 98 valence electrons. The van der Waals surface area contributed by atoms with Gasteiger partial charge in [0.1, 0.15) is 11.6 Å². The monoisotopic (exact) mass is 249 g/mol. The number of nitrogens with one attached hydrogen (secondary N) is 1. The number of aryl methyl sites for hydroxylation is 1. The van der Waals surface area contributed by atoms with Crippen molar-refractivity contribution in [1.82, 2.24) is 20.2 Å². The Kier molecular flexibility index (Phi) is 3.76. The van der Waals surface area contributed by atoms with Crippen LogP contribution in [0.2, 0.25) is 0 Å². The third-order valence-electron chi connectivity index (χ3n) is 3.18. The number of likely N-dealkylation sites (tertiary alicyclic amines) is 1. The number of aromatic nitrogens is 2. The molecule has 1 atom stereocenters. The zero-order valence-electron chi connectivity index (χ0n) is 10.8. The summed E-state index contributed by atoms with van der Waals surface area (Å²) in [7, 11) is 1.67. The Balaban J connectivity index is 2.10. The lowest BCUT2D eigenvalue weighted by molar-refractivity contribution is -0.125. The Morgan fingerprint density at radius 1 is 1.61 bits per heavy atom. The Hall–Kier alpha value is -1.69. The number of nitrogen functional groups attached to an aromatic ring is 1. The molecule has 1 aliphatic rings. The van der Waals surface area contributed by atoms with Crippen LogP contribution in [0.4, 0.5) is 5.82 Å². The van der Waals surface area contributed by atoms with Gasteiger partial charge in [0.25, 0.3) is 0 Å². The van der Waals surface area contributed by atoms with Crippen LogP contribution in [0.1, 0.15) is 24.4 Å². The highest BCUT2D eigenvalue weighted by atomic mass is 16.2. The van der Waals surface area contributed by atoms with E-state index in [1.807, 2.05) is 6.92 Å². The van der Waals surface area contributed by atoms with E-state index >= 15 is 0 Å². The Morgan fingerprint density at radius 2 is 2.39 bits per heavy atom. The van der Waals surface area contributed by atoms with Gasteiger partial charge in [0, 0.05) is 18.8 Å². The molecule has 0 radical (unpaired) electrons. The summed E-state index contributed by atoms with van der Waals surface area (Å²) in [5.41, 5.74) is 6.56. The largest absolute Gasteiger partial charge is 0.384 e. The van der Waals surface area contributed by atoms with E-state index in [4.69, 9.17) is 5.73 Å². The molecule has 1 amide bonds. The third-order valence-corrected chi connectivity index (χ3v) is 3.18. The fraction of sp³-hybridized carbons (Fsp3) is 0.583. The average Bonchev–Trinajstić information content (AvgIpc) is 2.74. The molecule has 1 unspecified atom stereocenters. The van der Waals surface area contributed by atoms with E-state index < -0.39 is 0 Å². The van der Waals surface area contributed by atoms with E-state index in [1.165, 1.54) is 0 Å². The van der Waals surface area contributed by atoms with Crippen LogP contribution in [-0.2, 0) is 11.3 Å². The molecular formula is C12H19N5O. The van der Waals surface area contributed by atoms with Crippen molar-refractivity contribution >= 4 is 11.7 Å². The number of likely N-dealkylation sites (N-methyl/N-ethyl adjacent to an activating group) is 1. The molecule has 1 fully saturated rings. The maximum Gasteiger partial charge on any atom is 0.237 e. The molecule has 0 aliphatic carbocycles. The number of carbonyl (C=O) groups is 1. The van der Waals surface area contributed by atoms with Crippen LogP contribution in [0.15, 0.2) is 6.07 Å². The summed E-state index contributed by atoms with van der Waals surface area (Å²) in [4.78, 5) is 22.4. The smallest absolute Gasteiger partial charge is 0.237 e. The lowest BCUT2D eigenvalue weighted by Crippen LogP contribution is -2.41. The topological polar surface area (TPSA) is 84.1 Å². The molecule has 6 nitrogen and oxygen atoms in total. The summed E-state index contributed by atoms with van der Waals surface area (Å²) in [6, 6.07) is 1.67. The molecule has 3 N–H and O–H groups in total. The highest BCUT2D eigenvalue weighted by Crippen LogP contribution is 2.19. The molecule has 0 saturated carbocycles. The molecule has 2 rings (SSSR count). The molecule has 0 spiro atoms. The van der Waals surface area contributed by atoms with E-state index in [0.29, 0.717) is 18.2 Å². The molecule has 0 aromatic carbocycles. The minimum atomic E-state index is -0.0691. The number of hydrogen-bond donors (Lipinski definition) is 2. The molecule has 1 aliphatic heterocycles. The van der Waals surface area contributed by atoms with Crippen molar-refractivity contribution in [2.24, 2.45) is 0 Å². The predicted molar refractivity (Wildman–Crippen MR) is 68.7 cm³/mol. The van der Waals surface area contributed by atoms with Gasteiger partial charge in [-0.05, 0) is 26.3 Å². The second-order valence-corrected chi connectivity index (χ2v) is 4.59. The molecular weight excluding hydrogens is 230 g/mol. The summed E-state index contributed by atoms with van der Waals surface area (Å²) in [6.07, 6.45) is 1.92. The second kappa shape index (κ2) is 5.30. The van der Waals surface area contributed by atoms with Crippen LogP contribution in [0.3, 0.4) is 0 Å². The molecule has 6 heteroatoms. The van der Waals surface area contributed by atoms with E-state index in [2.05, 4.69) is 20.2 Å². The van der Waals surface area contributed by atoms with Gasteiger partial charge in [-0.15, -0.1) is 0 Å². The minimum Gasteiger partial charge on any atom is -0.384 e. The lowest BCUT2D eigenvalue weighted by Gasteiger charge is -2.22. The SMILES string of the molecule is CNC(=O)C1CCCN1Cc1nc(C)cc(N)n1. The van der Waals surface area contributed by atoms with Crippen molar-refractivity contribution in [3.63, 3.8) is 0 Å². The van der Waals surface area contributed by atoms with Gasteiger partial charge in [-0.2, -0.15) is 0 Å². The van der Waals surface area contributed by atoms with Crippen molar-refractivity contribution in [3.05, 3.63) is 17.6 Å². The highest BCUT2D eigenvalue weighted by molar-refractivity contribution is 5.81. The first-order valence-electron chi connectivity index (χ1n) is 6.16. The maximum absolute atomic E-state index is 11.7. The first-order chi connectivity index (χ1) is 8.60. The van der Waals surface area contributed by atoms with Gasteiger partial charge in [-0.3, -0.25) is 9.69 Å². The predicted octanol–water partition coefficient (Wildman–Crippen LogP) is 0.0776. The first kappa shape index (κ1) is 12.8. The van der Waals surface area contributed by atoms with E-state index in [1.54, 1.807) is 13.1 Å². The first-order valence-corrected chi connectivity index (χ1v) is 6.16. The number of carbonyl (C=O) groups excluding carboxylic acids is 1. The standard InChI is InChI=1S/C12H19N5O/c1-8-6-10(13)16-11(15-8)7-17-5-3-4-9(17)12(18)14-2/h6,9H,3-5,7H2,1-2H3,(H,14,18)(H2,13,15,16). The lowest BCUT2D eigenvalue weighted by atomic mass is 10.2. The Morgan fingerprint density at radius 3 is 3.06 bits per heavy atom. The van der Waals surface area contributed by atoms with Crippen molar-refractivity contribution in [2.75, 3.05) is 19.3 Å². The van der Waals surface area contributed by atoms with Crippen molar-refractivity contribution < 1.29 is 4.79 Å². The molecule has 18 heavy (non-hydrogen) atoms. The van der Waals surface area contributed by atoms with Crippen LogP contribution < -0.4 is 11.1 Å². The Labute approximate surface area is 107 Å². The fourth-order valence-electron chi connectivity index (χ4n) is 2.39. The van der Waals surface area contributed by atoms with Crippen LogP contribution in [0.25, 0.3) is 0 Å². The number of nitrogens with two attached hydrogens (primary N) is 1. The van der Waals surface area contributed by atoms with Crippen LogP contribution in [-0.4, -0.2) is 40.4 Å². The number of anilines is 1. The van der Waals surface area contributed by atoms with Gasteiger partial charge < -0.3 is 11.1 Å². The van der Waals surface area contributed by atoms with Crippen LogP contribution in [0, 0.1) is 6.92 Å². The van der Waals surface area contributed by atoms with Gasteiger partial charge in [-0.1, -0.05) is 0 Å². The van der Waals surface area contributed by atoms with E-state index in [9.17, 15) is 4.79 Å². The van der Waals surface area contributed by atoms with Crippen molar-refractivity contribution in [3.8, 4) is 0 Å². The van der Waals surface area contributed by atoms with Gasteiger partial charge in [0.15, 0.2) is 0 Å². The summed E-state index contributed by atoms with van der Waals surface area (Å²) in [6.45, 7) is 3.36. The molecule has 1 saturated heterocycles. The summed E-state index contributed by atoms with van der Waals surface area (Å²) < 4.78 is 0. The average molecular weight is 249 g/mol. The van der Waals surface area contributed by atoms with Gasteiger partial charge >= 0.3 is 0 Å². The highest BCUT2D eigenvalue weighted by Gasteiger charge is 2.30. The molecule has 1 aromatic heterocycles. The van der Waals surface area contributed by atoms with Crippen LogP contribution >= 0.6 is 0 Å². The van der Waals surface area contributed by atoms with Crippen molar-refractivity contribution in [2.45, 2.75) is 32.4 Å². The number of hydrogen-bond acceptors (Lipinski definition) is 5. The van der Waals surface area contributed by atoms with E-state index in [0.717, 1.165) is 25.1 Å². The normalized spacial score (nSPS) is 20.0. The summed E-state index contributed by atoms with van der Waals surface area (Å²) in [5, 5.41) is 2.70. The quantitative estimate of drug-likeness (QED) is 0.792. The maximum atomic E-state index is 11.7. The van der Waals surface area contributed by atoms with E-state index in [-0.39, 0.29) is 11.9 Å². The van der Waals surface area contributed by atoms with Gasteiger partial charge in [-0.25, -0.2) is 9.97 Å². The Bertz CT molecular complexity index is 428. The zero-order chi connectivity index (χ0) is 13.1. The number of rotatable bonds is 3. The van der Waals surface area contributed by atoms with Gasteiger partial charge in [0.05, 0.1) is 12.6 Å². The number of nitrogens with zero attached hydrogens (tertiary/aromatic N) is 3. The fourth-order valence-corrected chi connectivity index (χ4v) is 2.39. The molecule has 2 heterocycles. The minimum absolute atomic E-state index is 0.0631. The summed E-state index contributed by atoms with van der Waals surface area (Å²) >= 11 is 0. The second-order valence-electron chi connectivity index (χ2n) is 4.59.